The second-order valence-electron chi connectivity index (χ2n) is 5.56. The highest BCUT2D eigenvalue weighted by Crippen LogP contribution is 2.22. The Morgan fingerprint density at radius 2 is 2.21 bits per heavy atom. The summed E-state index contributed by atoms with van der Waals surface area (Å²) >= 11 is 0. The van der Waals surface area contributed by atoms with Crippen molar-refractivity contribution in [3.05, 3.63) is 36.0 Å². The van der Waals surface area contributed by atoms with Crippen molar-refractivity contribution in [2.45, 2.75) is 19.4 Å². The van der Waals surface area contributed by atoms with E-state index in [2.05, 4.69) is 11.9 Å². The zero-order chi connectivity index (χ0) is 13.4. The standard InChI is InChI=1S/C15H19N3O/c1-10-7-12(16)9-18(8-10)15(19)13-4-2-3-11-5-6-17-14(11)13/h2-6,10,12,17H,7-9,16H2,1H3. The van der Waals surface area contributed by atoms with Crippen LogP contribution in [0.25, 0.3) is 10.9 Å². The molecule has 3 rings (SSSR count). The molecular formula is C15H19N3O. The Hall–Kier alpha value is -1.81. The van der Waals surface area contributed by atoms with Crippen molar-refractivity contribution in [2.75, 3.05) is 13.1 Å². The van der Waals surface area contributed by atoms with Gasteiger partial charge in [-0.05, 0) is 24.5 Å². The lowest BCUT2D eigenvalue weighted by Crippen LogP contribution is -2.48. The number of nitrogens with two attached hydrogens (primary N) is 1. The van der Waals surface area contributed by atoms with Crippen molar-refractivity contribution >= 4 is 16.8 Å². The minimum atomic E-state index is 0.0788. The van der Waals surface area contributed by atoms with Gasteiger partial charge in [-0.3, -0.25) is 4.79 Å². The van der Waals surface area contributed by atoms with Crippen molar-refractivity contribution in [3.8, 4) is 0 Å². The number of H-pyrrole nitrogens is 1. The molecule has 0 spiro atoms. The van der Waals surface area contributed by atoms with Crippen LogP contribution in [-0.4, -0.2) is 34.9 Å². The van der Waals surface area contributed by atoms with E-state index in [9.17, 15) is 4.79 Å². The minimum Gasteiger partial charge on any atom is -0.361 e. The number of likely N-dealkylation sites (tertiary alicyclic amines) is 1. The molecule has 4 heteroatoms. The molecule has 19 heavy (non-hydrogen) atoms. The molecule has 2 heterocycles. The maximum atomic E-state index is 12.7. The van der Waals surface area contributed by atoms with E-state index >= 15 is 0 Å². The van der Waals surface area contributed by atoms with Gasteiger partial charge in [0, 0.05) is 30.7 Å². The highest BCUT2D eigenvalue weighted by molar-refractivity contribution is 6.05. The van der Waals surface area contributed by atoms with E-state index in [0.717, 1.165) is 29.4 Å². The summed E-state index contributed by atoms with van der Waals surface area (Å²) in [5.41, 5.74) is 7.68. The van der Waals surface area contributed by atoms with Crippen LogP contribution in [0.5, 0.6) is 0 Å². The molecule has 4 nitrogen and oxygen atoms in total. The number of piperidine rings is 1. The molecule has 0 aliphatic carbocycles. The van der Waals surface area contributed by atoms with E-state index < -0.39 is 0 Å². The van der Waals surface area contributed by atoms with E-state index in [0.29, 0.717) is 12.5 Å². The van der Waals surface area contributed by atoms with Crippen LogP contribution in [0.3, 0.4) is 0 Å². The molecule has 100 valence electrons. The maximum Gasteiger partial charge on any atom is 0.256 e. The Balaban J connectivity index is 1.93. The number of benzene rings is 1. The number of rotatable bonds is 1. The van der Waals surface area contributed by atoms with Crippen LogP contribution in [0.1, 0.15) is 23.7 Å². The summed E-state index contributed by atoms with van der Waals surface area (Å²) in [6.45, 7) is 3.60. The number of amides is 1. The highest BCUT2D eigenvalue weighted by atomic mass is 16.2. The lowest BCUT2D eigenvalue weighted by Gasteiger charge is -2.34. The molecular weight excluding hydrogens is 238 g/mol. The van der Waals surface area contributed by atoms with Crippen LogP contribution >= 0.6 is 0 Å². The number of aromatic nitrogens is 1. The number of hydrogen-bond acceptors (Lipinski definition) is 2. The summed E-state index contributed by atoms with van der Waals surface area (Å²) in [5.74, 6) is 0.547. The highest BCUT2D eigenvalue weighted by Gasteiger charge is 2.27. The van der Waals surface area contributed by atoms with Crippen LogP contribution < -0.4 is 5.73 Å². The van der Waals surface area contributed by atoms with E-state index in [1.54, 1.807) is 0 Å². The molecule has 2 atom stereocenters. The third-order valence-corrected chi connectivity index (χ3v) is 3.80. The molecule has 0 saturated carbocycles. The Labute approximate surface area is 112 Å². The fraction of sp³-hybridized carbons (Fsp3) is 0.400. The summed E-state index contributed by atoms with van der Waals surface area (Å²) in [5, 5.41) is 1.07. The van der Waals surface area contributed by atoms with Gasteiger partial charge < -0.3 is 15.6 Å². The fourth-order valence-corrected chi connectivity index (χ4v) is 3.00. The first-order chi connectivity index (χ1) is 9.15. The third-order valence-electron chi connectivity index (χ3n) is 3.80. The molecule has 2 aromatic rings. The van der Waals surface area contributed by atoms with Crippen LogP contribution in [-0.2, 0) is 0 Å². The lowest BCUT2D eigenvalue weighted by molar-refractivity contribution is 0.0663. The molecule has 0 radical (unpaired) electrons. The average Bonchev–Trinajstić information content (AvgIpc) is 2.84. The van der Waals surface area contributed by atoms with E-state index in [-0.39, 0.29) is 11.9 Å². The molecule has 1 aromatic heterocycles. The summed E-state index contributed by atoms with van der Waals surface area (Å²) < 4.78 is 0. The van der Waals surface area contributed by atoms with Crippen LogP contribution in [0.2, 0.25) is 0 Å². The summed E-state index contributed by atoms with van der Waals surface area (Å²) in [6.07, 6.45) is 2.86. The molecule has 2 unspecified atom stereocenters. The first-order valence-electron chi connectivity index (χ1n) is 6.76. The number of hydrogen-bond donors (Lipinski definition) is 2. The quantitative estimate of drug-likeness (QED) is 0.820. The van der Waals surface area contributed by atoms with Gasteiger partial charge in [-0.1, -0.05) is 19.1 Å². The van der Waals surface area contributed by atoms with E-state index in [4.69, 9.17) is 5.73 Å². The van der Waals surface area contributed by atoms with Crippen LogP contribution in [0.15, 0.2) is 30.5 Å². The first kappa shape index (κ1) is 12.2. The zero-order valence-electron chi connectivity index (χ0n) is 11.1. The number of carbonyl (C=O) groups excluding carboxylic acids is 1. The molecule has 0 bridgehead atoms. The second kappa shape index (κ2) is 4.70. The van der Waals surface area contributed by atoms with Gasteiger partial charge in [0.1, 0.15) is 0 Å². The molecule has 1 fully saturated rings. The van der Waals surface area contributed by atoms with Gasteiger partial charge >= 0.3 is 0 Å². The Morgan fingerprint density at radius 3 is 3.00 bits per heavy atom. The predicted octanol–water partition coefficient (Wildman–Crippen LogP) is 1.98. The number of aromatic amines is 1. The van der Waals surface area contributed by atoms with Gasteiger partial charge in [0.25, 0.3) is 5.91 Å². The summed E-state index contributed by atoms with van der Waals surface area (Å²) in [7, 11) is 0. The van der Waals surface area contributed by atoms with Gasteiger partial charge in [0.15, 0.2) is 0 Å². The minimum absolute atomic E-state index is 0.0788. The molecule has 1 aliphatic heterocycles. The van der Waals surface area contributed by atoms with Crippen LogP contribution in [0, 0.1) is 5.92 Å². The zero-order valence-corrected chi connectivity index (χ0v) is 11.1. The van der Waals surface area contributed by atoms with E-state index in [1.807, 2.05) is 35.4 Å². The molecule has 1 aliphatic rings. The van der Waals surface area contributed by atoms with Crippen molar-refractivity contribution in [1.82, 2.24) is 9.88 Å². The molecule has 3 N–H and O–H groups in total. The number of para-hydroxylation sites is 1. The molecule has 1 saturated heterocycles. The maximum absolute atomic E-state index is 12.7. The largest absolute Gasteiger partial charge is 0.361 e. The molecule has 1 aromatic carbocycles. The van der Waals surface area contributed by atoms with Crippen molar-refractivity contribution in [2.24, 2.45) is 11.7 Å². The second-order valence-corrected chi connectivity index (χ2v) is 5.56. The van der Waals surface area contributed by atoms with Gasteiger partial charge in [0.05, 0.1) is 11.1 Å². The predicted molar refractivity (Wildman–Crippen MR) is 76.0 cm³/mol. The topological polar surface area (TPSA) is 62.1 Å². The van der Waals surface area contributed by atoms with Gasteiger partial charge in [0.2, 0.25) is 0 Å². The van der Waals surface area contributed by atoms with Gasteiger partial charge in [-0.2, -0.15) is 0 Å². The Kier molecular flexibility index (Phi) is 3.03. The normalized spacial score (nSPS) is 23.8. The van der Waals surface area contributed by atoms with Crippen molar-refractivity contribution in [1.29, 1.82) is 0 Å². The number of nitrogens with one attached hydrogen (secondary N) is 1. The summed E-state index contributed by atoms with van der Waals surface area (Å²) in [4.78, 5) is 17.7. The monoisotopic (exact) mass is 257 g/mol. The summed E-state index contributed by atoms with van der Waals surface area (Å²) in [6, 6.07) is 7.89. The van der Waals surface area contributed by atoms with Gasteiger partial charge in [-0.25, -0.2) is 0 Å². The SMILES string of the molecule is CC1CC(N)CN(C(=O)c2cccc3cc[nH]c23)C1. The fourth-order valence-electron chi connectivity index (χ4n) is 3.00. The van der Waals surface area contributed by atoms with Gasteiger partial charge in [-0.15, -0.1) is 0 Å². The Bertz CT molecular complexity index is 594. The number of nitrogens with zero attached hydrogens (tertiary/aromatic N) is 1. The van der Waals surface area contributed by atoms with Crippen molar-refractivity contribution in [3.63, 3.8) is 0 Å². The van der Waals surface area contributed by atoms with E-state index in [1.165, 1.54) is 0 Å². The lowest BCUT2D eigenvalue weighted by atomic mass is 9.96. The Morgan fingerprint density at radius 1 is 1.37 bits per heavy atom. The number of fused-ring (bicyclic) bond motifs is 1. The average molecular weight is 257 g/mol. The molecule has 1 amide bonds. The smallest absolute Gasteiger partial charge is 0.256 e. The first-order valence-corrected chi connectivity index (χ1v) is 6.76. The van der Waals surface area contributed by atoms with Crippen molar-refractivity contribution < 1.29 is 4.79 Å². The third kappa shape index (κ3) is 2.24. The number of carbonyl (C=O) groups is 1. The van der Waals surface area contributed by atoms with Crippen LogP contribution in [0.4, 0.5) is 0 Å².